The molecule has 0 saturated heterocycles. The topological polar surface area (TPSA) is 20.3 Å². The fourth-order valence-corrected chi connectivity index (χ4v) is 3.85. The maximum Gasteiger partial charge on any atom is 0.157 e. The minimum atomic E-state index is -0.210. The van der Waals surface area contributed by atoms with Crippen molar-refractivity contribution < 1.29 is 4.79 Å². The van der Waals surface area contributed by atoms with E-state index in [-0.39, 0.29) is 17.8 Å². The molecule has 0 atom stereocenters. The second-order valence-electron chi connectivity index (χ2n) is 7.06. The number of carbonyl (C=O) groups is 1. The van der Waals surface area contributed by atoms with Crippen molar-refractivity contribution in [3.63, 3.8) is 0 Å². The van der Waals surface area contributed by atoms with Gasteiger partial charge in [0.15, 0.2) is 5.78 Å². The third kappa shape index (κ3) is 5.32. The number of unbranched alkanes of at least 4 members (excludes halogenated alkanes) is 2. The predicted octanol–water partition coefficient (Wildman–Crippen LogP) is 5.39. The molecule has 3 heteroatoms. The van der Waals surface area contributed by atoms with Crippen molar-refractivity contribution in [2.75, 3.05) is 19.6 Å². The van der Waals surface area contributed by atoms with Gasteiger partial charge in [-0.2, -0.15) is 0 Å². The van der Waals surface area contributed by atoms with Crippen LogP contribution >= 0.6 is 12.4 Å². The lowest BCUT2D eigenvalue weighted by atomic mass is 9.75. The maximum absolute atomic E-state index is 13.3. The van der Waals surface area contributed by atoms with Gasteiger partial charge in [0.1, 0.15) is 0 Å². The highest BCUT2D eigenvalue weighted by atomic mass is 35.5. The Hall–Kier alpha value is -0.860. The standard InChI is InChI=1S/C21H33NO.ClH/c1-3-5-16-22(17-6-4-2)18-20(23)21(14-10-11-15-21)19-12-8-7-9-13-19;/h7-9,12-13H,3-6,10-11,14-18H2,1-2H3;1H. The molecule has 1 aliphatic rings. The first-order chi connectivity index (χ1) is 11.2. The zero-order valence-corrected chi connectivity index (χ0v) is 16.2. The molecule has 0 heterocycles. The number of Topliss-reactive ketones (excluding diaryl/α,β-unsaturated/α-hetero) is 1. The summed E-state index contributed by atoms with van der Waals surface area (Å²) >= 11 is 0. The molecule has 0 aliphatic heterocycles. The van der Waals surface area contributed by atoms with Crippen LogP contribution in [0.4, 0.5) is 0 Å². The number of ketones is 1. The lowest BCUT2D eigenvalue weighted by molar-refractivity contribution is -0.125. The van der Waals surface area contributed by atoms with Gasteiger partial charge < -0.3 is 0 Å². The molecule has 0 radical (unpaired) electrons. The molecule has 1 fully saturated rings. The molecular weight excluding hydrogens is 318 g/mol. The highest BCUT2D eigenvalue weighted by molar-refractivity contribution is 5.92. The monoisotopic (exact) mass is 351 g/mol. The summed E-state index contributed by atoms with van der Waals surface area (Å²) in [6.07, 6.45) is 9.21. The second-order valence-corrected chi connectivity index (χ2v) is 7.06. The summed E-state index contributed by atoms with van der Waals surface area (Å²) in [6.45, 7) is 7.21. The smallest absolute Gasteiger partial charge is 0.157 e. The Balaban J connectivity index is 0.00000288. The van der Waals surface area contributed by atoms with E-state index in [1.54, 1.807) is 0 Å². The van der Waals surface area contributed by atoms with Crippen LogP contribution in [-0.2, 0) is 10.2 Å². The summed E-state index contributed by atoms with van der Waals surface area (Å²) in [5, 5.41) is 0. The summed E-state index contributed by atoms with van der Waals surface area (Å²) in [6, 6.07) is 10.5. The van der Waals surface area contributed by atoms with Crippen molar-refractivity contribution in [3.8, 4) is 0 Å². The average Bonchev–Trinajstić information content (AvgIpc) is 3.09. The Kier molecular flexibility index (Phi) is 9.61. The quantitative estimate of drug-likeness (QED) is 0.563. The van der Waals surface area contributed by atoms with Crippen LogP contribution in [0.15, 0.2) is 30.3 Å². The Morgan fingerprint density at radius 1 is 1.00 bits per heavy atom. The van der Waals surface area contributed by atoms with E-state index in [0.717, 1.165) is 25.9 Å². The van der Waals surface area contributed by atoms with Gasteiger partial charge in [0.2, 0.25) is 0 Å². The highest BCUT2D eigenvalue weighted by Gasteiger charge is 2.42. The molecule has 2 nitrogen and oxygen atoms in total. The van der Waals surface area contributed by atoms with Gasteiger partial charge in [0.05, 0.1) is 12.0 Å². The van der Waals surface area contributed by atoms with E-state index in [2.05, 4.69) is 43.0 Å². The molecule has 24 heavy (non-hydrogen) atoms. The third-order valence-electron chi connectivity index (χ3n) is 5.34. The zero-order valence-electron chi connectivity index (χ0n) is 15.4. The maximum atomic E-state index is 13.3. The number of rotatable bonds is 10. The SMILES string of the molecule is CCCCN(CCCC)CC(=O)C1(c2ccccc2)CCCC1.Cl. The van der Waals surface area contributed by atoms with Crippen molar-refractivity contribution in [2.45, 2.75) is 70.6 Å². The molecule has 0 bridgehead atoms. The van der Waals surface area contributed by atoms with Gasteiger partial charge in [-0.05, 0) is 44.3 Å². The van der Waals surface area contributed by atoms with Crippen LogP contribution in [0.3, 0.4) is 0 Å². The molecule has 0 amide bonds. The number of carbonyl (C=O) groups excluding carboxylic acids is 1. The number of hydrogen-bond donors (Lipinski definition) is 0. The van der Waals surface area contributed by atoms with Crippen molar-refractivity contribution in [1.82, 2.24) is 4.90 Å². The minimum Gasteiger partial charge on any atom is -0.297 e. The van der Waals surface area contributed by atoms with Crippen molar-refractivity contribution in [1.29, 1.82) is 0 Å². The van der Waals surface area contributed by atoms with Gasteiger partial charge in [-0.3, -0.25) is 9.69 Å². The number of benzene rings is 1. The van der Waals surface area contributed by atoms with Crippen LogP contribution < -0.4 is 0 Å². The van der Waals surface area contributed by atoms with E-state index in [1.165, 1.54) is 44.1 Å². The van der Waals surface area contributed by atoms with E-state index < -0.39 is 0 Å². The van der Waals surface area contributed by atoms with Gasteiger partial charge in [0.25, 0.3) is 0 Å². The van der Waals surface area contributed by atoms with E-state index >= 15 is 0 Å². The number of halogens is 1. The van der Waals surface area contributed by atoms with Gasteiger partial charge in [-0.15, -0.1) is 12.4 Å². The number of hydrogen-bond acceptors (Lipinski definition) is 2. The lowest BCUT2D eigenvalue weighted by Gasteiger charge is -2.31. The normalized spacial score (nSPS) is 16.1. The van der Waals surface area contributed by atoms with Crippen molar-refractivity contribution >= 4 is 18.2 Å². The summed E-state index contributed by atoms with van der Waals surface area (Å²) in [5.74, 6) is 0.452. The molecule has 0 unspecified atom stereocenters. The summed E-state index contributed by atoms with van der Waals surface area (Å²) in [7, 11) is 0. The summed E-state index contributed by atoms with van der Waals surface area (Å²) < 4.78 is 0. The highest BCUT2D eigenvalue weighted by Crippen LogP contribution is 2.42. The van der Waals surface area contributed by atoms with Crippen molar-refractivity contribution in [3.05, 3.63) is 35.9 Å². The summed E-state index contributed by atoms with van der Waals surface area (Å²) in [5.41, 5.74) is 1.03. The summed E-state index contributed by atoms with van der Waals surface area (Å²) in [4.78, 5) is 15.7. The molecule has 1 saturated carbocycles. The van der Waals surface area contributed by atoms with E-state index in [0.29, 0.717) is 12.3 Å². The van der Waals surface area contributed by atoms with Gasteiger partial charge in [-0.25, -0.2) is 0 Å². The van der Waals surface area contributed by atoms with Crippen LogP contribution in [0.1, 0.15) is 70.8 Å². The average molecular weight is 352 g/mol. The Bertz CT molecular complexity index is 460. The first-order valence-corrected chi connectivity index (χ1v) is 9.54. The first kappa shape index (κ1) is 21.2. The first-order valence-electron chi connectivity index (χ1n) is 9.54. The molecule has 136 valence electrons. The molecule has 2 rings (SSSR count). The van der Waals surface area contributed by atoms with Crippen molar-refractivity contribution in [2.24, 2.45) is 0 Å². The third-order valence-corrected chi connectivity index (χ3v) is 5.34. The molecule has 1 aromatic rings. The lowest BCUT2D eigenvalue weighted by Crippen LogP contribution is -2.42. The molecule has 0 spiro atoms. The van der Waals surface area contributed by atoms with E-state index in [1.807, 2.05) is 6.07 Å². The molecule has 1 aromatic carbocycles. The fourth-order valence-electron chi connectivity index (χ4n) is 3.85. The van der Waals surface area contributed by atoms with Gasteiger partial charge in [0, 0.05) is 0 Å². The molecule has 0 aromatic heterocycles. The van der Waals surface area contributed by atoms with E-state index in [4.69, 9.17) is 0 Å². The largest absolute Gasteiger partial charge is 0.297 e. The van der Waals surface area contributed by atoms with Gasteiger partial charge in [-0.1, -0.05) is 69.9 Å². The Morgan fingerprint density at radius 2 is 1.54 bits per heavy atom. The fraction of sp³-hybridized carbons (Fsp3) is 0.667. The Labute approximate surface area is 154 Å². The van der Waals surface area contributed by atoms with Crippen LogP contribution in [0.5, 0.6) is 0 Å². The molecule has 1 aliphatic carbocycles. The zero-order chi connectivity index (χ0) is 16.5. The van der Waals surface area contributed by atoms with Gasteiger partial charge >= 0.3 is 0 Å². The second kappa shape index (κ2) is 10.9. The molecular formula is C21H34ClNO. The van der Waals surface area contributed by atoms with Crippen LogP contribution in [0.2, 0.25) is 0 Å². The molecule has 0 N–H and O–H groups in total. The van der Waals surface area contributed by atoms with Crippen LogP contribution in [-0.4, -0.2) is 30.3 Å². The Morgan fingerprint density at radius 3 is 2.04 bits per heavy atom. The minimum absolute atomic E-state index is 0. The van der Waals surface area contributed by atoms with E-state index in [9.17, 15) is 4.79 Å². The van der Waals surface area contributed by atoms with Crippen LogP contribution in [0, 0.1) is 0 Å². The predicted molar refractivity (Wildman–Crippen MR) is 105 cm³/mol. The number of nitrogens with zero attached hydrogens (tertiary/aromatic N) is 1. The van der Waals surface area contributed by atoms with Crippen LogP contribution in [0.25, 0.3) is 0 Å².